The minimum atomic E-state index is 0.0467. The van der Waals surface area contributed by atoms with E-state index >= 15 is 0 Å². The van der Waals surface area contributed by atoms with Crippen LogP contribution in [0.15, 0.2) is 115 Å². The average Bonchev–Trinajstić information content (AvgIpc) is 3.43. The van der Waals surface area contributed by atoms with Crippen molar-refractivity contribution < 1.29 is 4.79 Å². The summed E-state index contributed by atoms with van der Waals surface area (Å²) in [5, 5.41) is 0. The molecule has 2 heterocycles. The number of hydrogen-bond acceptors (Lipinski definition) is 3. The van der Waals surface area contributed by atoms with Crippen molar-refractivity contribution in [3.8, 4) is 0 Å². The van der Waals surface area contributed by atoms with Gasteiger partial charge in [0.2, 0.25) is 5.91 Å². The molecular weight excluding hydrogens is 442 g/mol. The molecule has 4 nitrogen and oxygen atoms in total. The van der Waals surface area contributed by atoms with E-state index in [0.717, 1.165) is 25.2 Å². The summed E-state index contributed by atoms with van der Waals surface area (Å²) in [6.07, 6.45) is 3.28. The van der Waals surface area contributed by atoms with Gasteiger partial charge < -0.3 is 4.90 Å². The van der Waals surface area contributed by atoms with Gasteiger partial charge in [-0.05, 0) is 35.2 Å². The molecule has 4 heteroatoms. The van der Waals surface area contributed by atoms with Crippen molar-refractivity contribution in [2.24, 2.45) is 0 Å². The van der Waals surface area contributed by atoms with Crippen LogP contribution in [0, 0.1) is 0 Å². The summed E-state index contributed by atoms with van der Waals surface area (Å²) in [6, 6.07) is 37.7. The number of aromatic nitrogens is 1. The molecule has 1 fully saturated rings. The maximum Gasteiger partial charge on any atom is 0.223 e. The quantitative estimate of drug-likeness (QED) is 0.317. The highest BCUT2D eigenvalue weighted by Gasteiger charge is 2.34. The Balaban J connectivity index is 1.32. The van der Waals surface area contributed by atoms with Gasteiger partial charge in [0.25, 0.3) is 0 Å². The van der Waals surface area contributed by atoms with Crippen molar-refractivity contribution in [3.63, 3.8) is 0 Å². The first-order chi connectivity index (χ1) is 17.7. The number of carbonyl (C=O) groups excluding carboxylic acids is 1. The Morgan fingerprint density at radius 2 is 1.39 bits per heavy atom. The highest BCUT2D eigenvalue weighted by molar-refractivity contribution is 5.78. The summed E-state index contributed by atoms with van der Waals surface area (Å²) < 4.78 is 0. The standard InChI is InChI=1S/C32H33N3O/c1-34(31(36)23-29(25-13-5-2-6-14-25)26-15-7-3-8-16-26)28-20-22-35(24-28)32(27-17-9-4-10-18-27)30-19-11-12-21-33-30/h2-19,21,28-29,32H,20,22-24H2,1H3/t28?,32-/m1/s1. The largest absolute Gasteiger partial charge is 0.341 e. The Morgan fingerprint density at radius 3 is 1.94 bits per heavy atom. The van der Waals surface area contributed by atoms with E-state index in [0.29, 0.717) is 6.42 Å². The predicted octanol–water partition coefficient (Wildman–Crippen LogP) is 5.93. The first-order valence-corrected chi connectivity index (χ1v) is 12.8. The van der Waals surface area contributed by atoms with Crippen LogP contribution in [-0.2, 0) is 4.79 Å². The Bertz CT molecular complexity index is 1150. The first kappa shape index (κ1) is 24.0. The van der Waals surface area contributed by atoms with Crippen LogP contribution in [-0.4, -0.2) is 46.9 Å². The highest BCUT2D eigenvalue weighted by Crippen LogP contribution is 2.33. The smallest absolute Gasteiger partial charge is 0.223 e. The minimum Gasteiger partial charge on any atom is -0.341 e. The Morgan fingerprint density at radius 1 is 0.833 bits per heavy atom. The van der Waals surface area contributed by atoms with E-state index in [-0.39, 0.29) is 23.9 Å². The van der Waals surface area contributed by atoms with Crippen LogP contribution in [0.3, 0.4) is 0 Å². The van der Waals surface area contributed by atoms with Gasteiger partial charge in [-0.3, -0.25) is 14.7 Å². The predicted molar refractivity (Wildman–Crippen MR) is 145 cm³/mol. The first-order valence-electron chi connectivity index (χ1n) is 12.8. The second-order valence-electron chi connectivity index (χ2n) is 9.59. The van der Waals surface area contributed by atoms with Crippen molar-refractivity contribution in [2.45, 2.75) is 30.8 Å². The number of pyridine rings is 1. The molecule has 3 aromatic carbocycles. The molecular formula is C32H33N3O. The number of amides is 1. The zero-order chi connectivity index (χ0) is 24.7. The van der Waals surface area contributed by atoms with E-state index in [4.69, 9.17) is 0 Å². The second kappa shape index (κ2) is 11.3. The molecule has 36 heavy (non-hydrogen) atoms. The normalized spacial score (nSPS) is 16.7. The zero-order valence-electron chi connectivity index (χ0n) is 20.8. The van der Waals surface area contributed by atoms with Crippen LogP contribution in [0.1, 0.15) is 47.2 Å². The molecule has 0 spiro atoms. The molecule has 182 valence electrons. The van der Waals surface area contributed by atoms with Gasteiger partial charge >= 0.3 is 0 Å². The zero-order valence-corrected chi connectivity index (χ0v) is 20.8. The van der Waals surface area contributed by atoms with E-state index in [1.165, 1.54) is 16.7 Å². The lowest BCUT2D eigenvalue weighted by molar-refractivity contribution is -0.132. The molecule has 1 amide bonds. The Kier molecular flexibility index (Phi) is 7.53. The van der Waals surface area contributed by atoms with Crippen LogP contribution in [0.25, 0.3) is 0 Å². The van der Waals surface area contributed by atoms with Gasteiger partial charge in [-0.2, -0.15) is 0 Å². The van der Waals surface area contributed by atoms with E-state index in [9.17, 15) is 4.79 Å². The molecule has 0 aliphatic carbocycles. The number of carbonyl (C=O) groups is 1. The maximum atomic E-state index is 13.6. The highest BCUT2D eigenvalue weighted by atomic mass is 16.2. The van der Waals surface area contributed by atoms with Crippen LogP contribution < -0.4 is 0 Å². The number of benzene rings is 3. The van der Waals surface area contributed by atoms with Gasteiger partial charge in [-0.25, -0.2) is 0 Å². The number of nitrogens with zero attached hydrogens (tertiary/aromatic N) is 3. The maximum absolute atomic E-state index is 13.6. The van der Waals surface area contributed by atoms with Gasteiger partial charge in [-0.1, -0.05) is 97.1 Å². The Hall–Kier alpha value is -3.76. The summed E-state index contributed by atoms with van der Waals surface area (Å²) in [4.78, 5) is 22.7. The second-order valence-corrected chi connectivity index (χ2v) is 9.59. The van der Waals surface area contributed by atoms with Crippen molar-refractivity contribution in [1.82, 2.24) is 14.8 Å². The molecule has 0 bridgehead atoms. The van der Waals surface area contributed by atoms with Crippen molar-refractivity contribution in [1.29, 1.82) is 0 Å². The molecule has 0 radical (unpaired) electrons. The summed E-state index contributed by atoms with van der Waals surface area (Å²) in [6.45, 7) is 1.76. The molecule has 1 aliphatic rings. The molecule has 5 rings (SSSR count). The number of likely N-dealkylation sites (N-methyl/N-ethyl adjacent to an activating group) is 1. The number of rotatable bonds is 8. The molecule has 0 N–H and O–H groups in total. The summed E-state index contributed by atoms with van der Waals surface area (Å²) in [5.41, 5.74) is 4.64. The molecule has 2 atom stereocenters. The van der Waals surface area contributed by atoms with E-state index in [1.54, 1.807) is 0 Å². The summed E-state index contributed by atoms with van der Waals surface area (Å²) in [7, 11) is 1.97. The van der Waals surface area contributed by atoms with E-state index in [1.807, 2.05) is 42.4 Å². The average molecular weight is 476 g/mol. The molecule has 1 saturated heterocycles. The van der Waals surface area contributed by atoms with Gasteiger partial charge in [0.05, 0.1) is 11.7 Å². The van der Waals surface area contributed by atoms with Gasteiger partial charge in [0.1, 0.15) is 0 Å². The molecule has 1 unspecified atom stereocenters. The molecule has 1 aromatic heterocycles. The van der Waals surface area contributed by atoms with Gasteiger partial charge in [0, 0.05) is 44.7 Å². The monoisotopic (exact) mass is 475 g/mol. The fourth-order valence-corrected chi connectivity index (χ4v) is 5.38. The van der Waals surface area contributed by atoms with Crippen molar-refractivity contribution in [2.75, 3.05) is 20.1 Å². The third-order valence-corrected chi connectivity index (χ3v) is 7.37. The molecule has 0 saturated carbocycles. The Labute approximate surface area is 214 Å². The third kappa shape index (κ3) is 5.39. The summed E-state index contributed by atoms with van der Waals surface area (Å²) in [5.74, 6) is 0.235. The number of likely N-dealkylation sites (tertiary alicyclic amines) is 1. The molecule has 1 aliphatic heterocycles. The van der Waals surface area contributed by atoms with Crippen LogP contribution in [0.2, 0.25) is 0 Å². The molecule has 4 aromatic rings. The third-order valence-electron chi connectivity index (χ3n) is 7.37. The number of hydrogen-bond donors (Lipinski definition) is 0. The summed E-state index contributed by atoms with van der Waals surface area (Å²) >= 11 is 0. The van der Waals surface area contributed by atoms with Crippen LogP contribution in [0.4, 0.5) is 0 Å². The SMILES string of the molecule is CN(C(=O)CC(c1ccccc1)c1ccccc1)C1CCN([C@H](c2ccccc2)c2ccccn2)C1. The van der Waals surface area contributed by atoms with Gasteiger partial charge in [-0.15, -0.1) is 0 Å². The fourth-order valence-electron chi connectivity index (χ4n) is 5.38. The van der Waals surface area contributed by atoms with E-state index in [2.05, 4.69) is 94.8 Å². The lowest BCUT2D eigenvalue weighted by Crippen LogP contribution is -2.40. The fraction of sp³-hybridized carbons (Fsp3) is 0.250. The lowest BCUT2D eigenvalue weighted by atomic mass is 9.88. The van der Waals surface area contributed by atoms with Gasteiger partial charge in [0.15, 0.2) is 0 Å². The minimum absolute atomic E-state index is 0.0467. The van der Waals surface area contributed by atoms with Crippen LogP contribution >= 0.6 is 0 Å². The van der Waals surface area contributed by atoms with E-state index < -0.39 is 0 Å². The topological polar surface area (TPSA) is 36.4 Å². The lowest BCUT2D eigenvalue weighted by Gasteiger charge is -2.30. The van der Waals surface area contributed by atoms with Crippen molar-refractivity contribution >= 4 is 5.91 Å². The van der Waals surface area contributed by atoms with Crippen LogP contribution in [0.5, 0.6) is 0 Å². The van der Waals surface area contributed by atoms with Crippen molar-refractivity contribution in [3.05, 3.63) is 138 Å².